The Kier molecular flexibility index (Phi) is 9.69. The number of hydrogen-bond donors (Lipinski definition) is 0. The molecule has 0 aromatic heterocycles. The molecule has 0 amide bonds. The fourth-order valence-corrected chi connectivity index (χ4v) is 10.4. The SMILES string of the molecule is CC1CC(c2ccc(N3c4ccccc4C4(c5ccccc5N(c5ccc(-c6ccc(C(F)(F)F)cc6)cc5)c5ccccc54)c4cc(-c5ccccc5)ccc43)cc2)=CC=C1C(F)(F)F. The number of rotatable bonds is 5. The van der Waals surface area contributed by atoms with Gasteiger partial charge in [-0.05, 0) is 135 Å². The van der Waals surface area contributed by atoms with E-state index in [2.05, 4.69) is 125 Å². The van der Waals surface area contributed by atoms with E-state index in [0.29, 0.717) is 12.0 Å². The van der Waals surface area contributed by atoms with E-state index in [4.69, 9.17) is 0 Å². The third-order valence-corrected chi connectivity index (χ3v) is 13.4. The fraction of sp³-hybridized carbons (Fsp3) is 0.103. The standard InChI is InChI=1S/C58H40F6N2/c1-37-35-42(25-33-47(37)58(62,63)64)41-23-31-46(32-24-41)66-54-18-10-7-15-50(54)56(51-36-43(26-34-55(51)66)38-11-3-2-4-12-38)48-13-5-8-16-52(48)65(53-17-9-6-14-49(53)56)45-29-21-40(22-30-45)39-19-27-44(28-20-39)57(59,60)61/h2-34,36-37H,35H2,1H3. The van der Waals surface area contributed by atoms with Crippen molar-refractivity contribution in [3.63, 3.8) is 0 Å². The quantitative estimate of drug-likeness (QED) is 0.159. The number of hydrogen-bond acceptors (Lipinski definition) is 2. The van der Waals surface area contributed by atoms with Gasteiger partial charge in [-0.25, -0.2) is 0 Å². The second-order valence-electron chi connectivity index (χ2n) is 17.2. The second kappa shape index (κ2) is 15.5. The summed E-state index contributed by atoms with van der Waals surface area (Å²) < 4.78 is 81.3. The van der Waals surface area contributed by atoms with Crippen molar-refractivity contribution in [1.29, 1.82) is 0 Å². The summed E-state index contributed by atoms with van der Waals surface area (Å²) in [5.41, 5.74) is 13.5. The molecule has 0 saturated heterocycles. The Labute approximate surface area is 379 Å². The lowest BCUT2D eigenvalue weighted by atomic mass is 9.60. The summed E-state index contributed by atoms with van der Waals surface area (Å²) in [5, 5.41) is 0. The van der Waals surface area contributed by atoms with Gasteiger partial charge in [0, 0.05) is 16.9 Å². The Balaban J connectivity index is 1.09. The van der Waals surface area contributed by atoms with E-state index < -0.39 is 34.8 Å². The predicted octanol–water partition coefficient (Wildman–Crippen LogP) is 16.9. The Morgan fingerprint density at radius 2 is 0.833 bits per heavy atom. The van der Waals surface area contributed by atoms with Gasteiger partial charge >= 0.3 is 12.4 Å². The molecule has 0 radical (unpaired) electrons. The van der Waals surface area contributed by atoms with Gasteiger partial charge in [-0.3, -0.25) is 0 Å². The summed E-state index contributed by atoms with van der Waals surface area (Å²) >= 11 is 0. The third kappa shape index (κ3) is 6.65. The molecule has 66 heavy (non-hydrogen) atoms. The molecule has 1 aliphatic carbocycles. The molecule has 1 spiro atoms. The van der Waals surface area contributed by atoms with Gasteiger partial charge in [0.2, 0.25) is 0 Å². The third-order valence-electron chi connectivity index (χ3n) is 13.4. The average Bonchev–Trinajstić information content (AvgIpc) is 3.34. The van der Waals surface area contributed by atoms with E-state index in [0.717, 1.165) is 96.3 Å². The average molecular weight is 879 g/mol. The van der Waals surface area contributed by atoms with Gasteiger partial charge in [0.15, 0.2) is 0 Å². The van der Waals surface area contributed by atoms with Crippen molar-refractivity contribution in [3.05, 3.63) is 245 Å². The first kappa shape index (κ1) is 41.1. The molecule has 8 aromatic rings. The van der Waals surface area contributed by atoms with Crippen molar-refractivity contribution in [2.75, 3.05) is 9.80 Å². The minimum absolute atomic E-state index is 0.296. The molecule has 2 aliphatic heterocycles. The van der Waals surface area contributed by atoms with E-state index in [1.165, 1.54) is 18.2 Å². The first-order chi connectivity index (χ1) is 31.9. The van der Waals surface area contributed by atoms with E-state index in [1.807, 2.05) is 54.6 Å². The van der Waals surface area contributed by atoms with E-state index in [-0.39, 0.29) is 0 Å². The number of allylic oxidation sites excluding steroid dienone is 4. The highest BCUT2D eigenvalue weighted by atomic mass is 19.4. The number of nitrogens with zero attached hydrogens (tertiary/aromatic N) is 2. The summed E-state index contributed by atoms with van der Waals surface area (Å²) in [6.07, 6.45) is -5.65. The van der Waals surface area contributed by atoms with Crippen LogP contribution >= 0.6 is 0 Å². The molecule has 2 nitrogen and oxygen atoms in total. The van der Waals surface area contributed by atoms with Crippen molar-refractivity contribution in [2.45, 2.75) is 31.1 Å². The molecule has 0 bridgehead atoms. The van der Waals surface area contributed by atoms with Gasteiger partial charge in [-0.1, -0.05) is 146 Å². The first-order valence-corrected chi connectivity index (χ1v) is 21.9. The highest BCUT2D eigenvalue weighted by Gasteiger charge is 2.52. The van der Waals surface area contributed by atoms with Crippen molar-refractivity contribution < 1.29 is 26.3 Å². The molecule has 0 saturated carbocycles. The number of benzene rings is 8. The van der Waals surface area contributed by atoms with Crippen LogP contribution in [0.25, 0.3) is 27.8 Å². The van der Waals surface area contributed by atoms with Gasteiger partial charge in [0.1, 0.15) is 0 Å². The molecular formula is C58H40F6N2. The maximum absolute atomic E-state index is 13.7. The van der Waals surface area contributed by atoms with Crippen LogP contribution in [0.5, 0.6) is 0 Å². The molecule has 8 heteroatoms. The topological polar surface area (TPSA) is 6.48 Å². The lowest BCUT2D eigenvalue weighted by Crippen LogP contribution is -2.42. The van der Waals surface area contributed by atoms with Crippen molar-refractivity contribution in [1.82, 2.24) is 0 Å². The molecule has 3 aliphatic rings. The minimum atomic E-state index is -4.41. The van der Waals surface area contributed by atoms with Crippen LogP contribution in [0.15, 0.2) is 212 Å². The van der Waals surface area contributed by atoms with Crippen LogP contribution in [0.3, 0.4) is 0 Å². The van der Waals surface area contributed by atoms with Crippen LogP contribution in [0.4, 0.5) is 60.5 Å². The highest BCUT2D eigenvalue weighted by molar-refractivity contribution is 5.97. The molecule has 11 rings (SSSR count). The zero-order valence-electron chi connectivity index (χ0n) is 35.6. The van der Waals surface area contributed by atoms with E-state index in [9.17, 15) is 26.3 Å². The lowest BCUT2D eigenvalue weighted by Gasteiger charge is -2.51. The van der Waals surface area contributed by atoms with E-state index in [1.54, 1.807) is 13.0 Å². The number of alkyl halides is 6. The molecule has 0 fully saturated rings. The Hall–Kier alpha value is -7.58. The predicted molar refractivity (Wildman–Crippen MR) is 253 cm³/mol. The van der Waals surface area contributed by atoms with Crippen LogP contribution in [0.2, 0.25) is 0 Å². The summed E-state index contributed by atoms with van der Waals surface area (Å²) in [5.74, 6) is -0.648. The Bertz CT molecular complexity index is 3150. The van der Waals surface area contributed by atoms with Crippen LogP contribution in [-0.2, 0) is 11.6 Å². The van der Waals surface area contributed by atoms with Crippen LogP contribution in [0, 0.1) is 5.92 Å². The van der Waals surface area contributed by atoms with Crippen LogP contribution < -0.4 is 9.80 Å². The molecule has 8 aromatic carbocycles. The first-order valence-electron chi connectivity index (χ1n) is 21.9. The molecule has 324 valence electrons. The van der Waals surface area contributed by atoms with Crippen molar-refractivity contribution in [2.24, 2.45) is 5.92 Å². The molecule has 2 heterocycles. The van der Waals surface area contributed by atoms with Crippen LogP contribution in [0.1, 0.15) is 46.7 Å². The maximum Gasteiger partial charge on any atom is 0.416 e. The zero-order valence-corrected chi connectivity index (χ0v) is 35.6. The smallest absolute Gasteiger partial charge is 0.310 e. The number of fused-ring (bicyclic) bond motifs is 8. The van der Waals surface area contributed by atoms with Crippen molar-refractivity contribution in [3.8, 4) is 22.3 Å². The van der Waals surface area contributed by atoms with Gasteiger partial charge in [0.25, 0.3) is 0 Å². The molecule has 1 atom stereocenters. The summed E-state index contributed by atoms with van der Waals surface area (Å²) in [7, 11) is 0. The minimum Gasteiger partial charge on any atom is -0.310 e. The van der Waals surface area contributed by atoms with Crippen molar-refractivity contribution >= 4 is 39.7 Å². The van der Waals surface area contributed by atoms with E-state index >= 15 is 0 Å². The number of para-hydroxylation sites is 3. The summed E-state index contributed by atoms with van der Waals surface area (Å²) in [4.78, 5) is 4.57. The molecule has 1 unspecified atom stereocenters. The van der Waals surface area contributed by atoms with Gasteiger partial charge in [-0.2, -0.15) is 26.3 Å². The monoisotopic (exact) mass is 878 g/mol. The number of halogens is 6. The zero-order chi connectivity index (χ0) is 45.4. The molecular weight excluding hydrogens is 839 g/mol. The Morgan fingerprint density at radius 1 is 0.409 bits per heavy atom. The highest BCUT2D eigenvalue weighted by Crippen LogP contribution is 2.64. The van der Waals surface area contributed by atoms with Gasteiger partial charge in [-0.15, -0.1) is 0 Å². The normalized spacial score (nSPS) is 16.1. The summed E-state index contributed by atoms with van der Waals surface area (Å²) in [6, 6.07) is 63.9. The maximum atomic E-state index is 13.7. The van der Waals surface area contributed by atoms with Crippen LogP contribution in [-0.4, -0.2) is 6.18 Å². The van der Waals surface area contributed by atoms with Gasteiger partial charge < -0.3 is 9.80 Å². The largest absolute Gasteiger partial charge is 0.416 e. The molecule has 0 N–H and O–H groups in total. The number of anilines is 6. The second-order valence-corrected chi connectivity index (χ2v) is 17.2. The fourth-order valence-electron chi connectivity index (χ4n) is 10.4. The summed E-state index contributed by atoms with van der Waals surface area (Å²) in [6.45, 7) is 1.63. The van der Waals surface area contributed by atoms with Gasteiger partial charge in [0.05, 0.1) is 33.7 Å². The Morgan fingerprint density at radius 3 is 1.32 bits per heavy atom. The lowest BCUT2D eigenvalue weighted by molar-refractivity contribution is -0.137.